The van der Waals surface area contributed by atoms with Crippen molar-refractivity contribution in [1.82, 2.24) is 5.32 Å². The largest absolute Gasteiger partial charge is 0.344 e. The van der Waals surface area contributed by atoms with Gasteiger partial charge in [0.1, 0.15) is 5.84 Å². The summed E-state index contributed by atoms with van der Waals surface area (Å²) in [5.41, 5.74) is 4.28. The van der Waals surface area contributed by atoms with Crippen LogP contribution in [0.25, 0.3) is 5.70 Å². The molecule has 1 aromatic rings. The third-order valence-electron chi connectivity index (χ3n) is 2.10. The lowest BCUT2D eigenvalue weighted by molar-refractivity contribution is 1.20. The monoisotopic (exact) mass is 172 g/mol. The molecule has 2 rings (SSSR count). The molecule has 2 nitrogen and oxygen atoms in total. The van der Waals surface area contributed by atoms with E-state index in [0.717, 1.165) is 22.8 Å². The third-order valence-corrected chi connectivity index (χ3v) is 2.10. The highest BCUT2D eigenvalue weighted by molar-refractivity contribution is 5.96. The van der Waals surface area contributed by atoms with Crippen molar-refractivity contribution in [1.29, 1.82) is 0 Å². The number of hydrogen-bond donors (Lipinski definition) is 1. The fraction of sp³-hybridized carbons (Fsp3) is 0.182. The maximum absolute atomic E-state index is 4.38. The summed E-state index contributed by atoms with van der Waals surface area (Å²) in [6.45, 7) is 7.96. The zero-order valence-electron chi connectivity index (χ0n) is 7.89. The Balaban J connectivity index is 2.63. The molecule has 0 saturated carbocycles. The van der Waals surface area contributed by atoms with Gasteiger partial charge < -0.3 is 5.32 Å². The summed E-state index contributed by atoms with van der Waals surface area (Å²) in [5, 5.41) is 3.12. The molecular weight excluding hydrogens is 160 g/mol. The predicted molar refractivity (Wildman–Crippen MR) is 56.1 cm³/mol. The Morgan fingerprint density at radius 2 is 2.08 bits per heavy atom. The van der Waals surface area contributed by atoms with E-state index >= 15 is 0 Å². The standard InChI is InChI=1S/C11H12N2/c1-7-4-5-11-10(6-7)8(2)12-9(3)13-11/h4-6H,2H2,1,3H3,(H,12,13). The van der Waals surface area contributed by atoms with E-state index in [1.807, 2.05) is 13.0 Å². The lowest BCUT2D eigenvalue weighted by Crippen LogP contribution is -2.21. The van der Waals surface area contributed by atoms with E-state index in [-0.39, 0.29) is 0 Å². The molecule has 0 spiro atoms. The lowest BCUT2D eigenvalue weighted by Gasteiger charge is -2.17. The molecule has 2 heteroatoms. The molecule has 1 heterocycles. The van der Waals surface area contributed by atoms with Crippen molar-refractivity contribution in [3.8, 4) is 0 Å². The molecule has 0 fully saturated rings. The molecular formula is C11H12N2. The number of nitrogens with zero attached hydrogens (tertiary/aromatic N) is 1. The molecule has 1 aliphatic rings. The van der Waals surface area contributed by atoms with Crippen molar-refractivity contribution in [3.05, 3.63) is 35.9 Å². The van der Waals surface area contributed by atoms with Gasteiger partial charge in [0.15, 0.2) is 0 Å². The molecule has 0 unspecified atom stereocenters. The van der Waals surface area contributed by atoms with Gasteiger partial charge in [0, 0.05) is 11.3 Å². The maximum atomic E-state index is 4.38. The number of hydrogen-bond acceptors (Lipinski definition) is 2. The number of aliphatic imine (C=N–C) groups is 1. The summed E-state index contributed by atoms with van der Waals surface area (Å²) in [6.07, 6.45) is 0. The fourth-order valence-electron chi connectivity index (χ4n) is 1.48. The van der Waals surface area contributed by atoms with Crippen LogP contribution < -0.4 is 5.32 Å². The summed E-state index contributed by atoms with van der Waals surface area (Å²) in [7, 11) is 0. The molecule has 66 valence electrons. The molecule has 1 N–H and O–H groups in total. The quantitative estimate of drug-likeness (QED) is 0.639. The predicted octanol–water partition coefficient (Wildman–Crippen LogP) is 2.62. The average Bonchev–Trinajstić information content (AvgIpc) is 2.06. The van der Waals surface area contributed by atoms with E-state index in [2.05, 4.69) is 35.9 Å². The third kappa shape index (κ3) is 1.35. The molecule has 0 amide bonds. The minimum absolute atomic E-state index is 0.904. The number of nitrogens with one attached hydrogen (secondary N) is 1. The van der Waals surface area contributed by atoms with Gasteiger partial charge in [-0.2, -0.15) is 0 Å². The van der Waals surface area contributed by atoms with Crippen LogP contribution in [0.1, 0.15) is 18.1 Å². The van der Waals surface area contributed by atoms with Crippen LogP contribution in [-0.4, -0.2) is 5.84 Å². The first-order valence-electron chi connectivity index (χ1n) is 4.29. The van der Waals surface area contributed by atoms with Crippen molar-refractivity contribution in [2.45, 2.75) is 13.8 Å². The fourth-order valence-corrected chi connectivity index (χ4v) is 1.48. The molecule has 1 aliphatic heterocycles. The van der Waals surface area contributed by atoms with Gasteiger partial charge in [-0.1, -0.05) is 18.2 Å². The summed E-state index contributed by atoms with van der Waals surface area (Å²) in [5.74, 6) is 0.904. The SMILES string of the molecule is C=C1NC(C)=Nc2ccc(C)cc21. The number of fused-ring (bicyclic) bond motifs is 1. The van der Waals surface area contributed by atoms with E-state index < -0.39 is 0 Å². The minimum atomic E-state index is 0.904. The second-order valence-electron chi connectivity index (χ2n) is 3.32. The average molecular weight is 172 g/mol. The molecule has 1 aromatic carbocycles. The van der Waals surface area contributed by atoms with Crippen LogP contribution in [-0.2, 0) is 0 Å². The Bertz CT molecular complexity index is 403. The number of benzene rings is 1. The van der Waals surface area contributed by atoms with Gasteiger partial charge in [0.05, 0.1) is 5.69 Å². The summed E-state index contributed by atoms with van der Waals surface area (Å²) >= 11 is 0. The smallest absolute Gasteiger partial charge is 0.103 e. The molecule has 13 heavy (non-hydrogen) atoms. The number of amidine groups is 1. The highest BCUT2D eigenvalue weighted by Crippen LogP contribution is 2.28. The highest BCUT2D eigenvalue weighted by atomic mass is 15.0. The van der Waals surface area contributed by atoms with Gasteiger partial charge in [-0.25, -0.2) is 4.99 Å². The van der Waals surface area contributed by atoms with Crippen LogP contribution in [0.3, 0.4) is 0 Å². The van der Waals surface area contributed by atoms with E-state index in [4.69, 9.17) is 0 Å². The normalized spacial score (nSPS) is 14.6. The van der Waals surface area contributed by atoms with Gasteiger partial charge >= 0.3 is 0 Å². The second kappa shape index (κ2) is 2.73. The van der Waals surface area contributed by atoms with Gasteiger partial charge in [0.2, 0.25) is 0 Å². The second-order valence-corrected chi connectivity index (χ2v) is 3.32. The van der Waals surface area contributed by atoms with Crippen LogP contribution in [0.2, 0.25) is 0 Å². The summed E-state index contributed by atoms with van der Waals surface area (Å²) < 4.78 is 0. The van der Waals surface area contributed by atoms with Crippen molar-refractivity contribution in [2.24, 2.45) is 4.99 Å². The van der Waals surface area contributed by atoms with Crippen LogP contribution in [0, 0.1) is 6.92 Å². The van der Waals surface area contributed by atoms with Crippen LogP contribution in [0.4, 0.5) is 5.69 Å². The minimum Gasteiger partial charge on any atom is -0.344 e. The van der Waals surface area contributed by atoms with Gasteiger partial charge in [-0.05, 0) is 26.0 Å². The lowest BCUT2D eigenvalue weighted by atomic mass is 10.1. The molecule has 0 bridgehead atoms. The van der Waals surface area contributed by atoms with E-state index in [1.54, 1.807) is 0 Å². The summed E-state index contributed by atoms with van der Waals surface area (Å²) in [6, 6.07) is 6.19. The van der Waals surface area contributed by atoms with Crippen molar-refractivity contribution in [3.63, 3.8) is 0 Å². The van der Waals surface area contributed by atoms with Crippen molar-refractivity contribution in [2.75, 3.05) is 0 Å². The summed E-state index contributed by atoms with van der Waals surface area (Å²) in [4.78, 5) is 4.38. The van der Waals surface area contributed by atoms with Crippen LogP contribution >= 0.6 is 0 Å². The first kappa shape index (κ1) is 8.05. The van der Waals surface area contributed by atoms with Crippen molar-refractivity contribution >= 4 is 17.2 Å². The van der Waals surface area contributed by atoms with Crippen molar-refractivity contribution < 1.29 is 0 Å². The van der Waals surface area contributed by atoms with E-state index in [1.165, 1.54) is 5.56 Å². The first-order chi connectivity index (χ1) is 6.16. The first-order valence-corrected chi connectivity index (χ1v) is 4.29. The zero-order valence-corrected chi connectivity index (χ0v) is 7.89. The Morgan fingerprint density at radius 3 is 2.85 bits per heavy atom. The van der Waals surface area contributed by atoms with Gasteiger partial charge in [-0.3, -0.25) is 0 Å². The zero-order chi connectivity index (χ0) is 9.42. The molecule has 0 atom stereocenters. The van der Waals surface area contributed by atoms with Crippen LogP contribution in [0.5, 0.6) is 0 Å². The Morgan fingerprint density at radius 1 is 1.31 bits per heavy atom. The molecule has 0 aromatic heterocycles. The van der Waals surface area contributed by atoms with E-state index in [9.17, 15) is 0 Å². The van der Waals surface area contributed by atoms with Gasteiger partial charge in [0.25, 0.3) is 0 Å². The molecule has 0 radical (unpaired) electrons. The number of aryl methyl sites for hydroxylation is 1. The Hall–Kier alpha value is -1.57. The molecule has 0 saturated heterocycles. The Kier molecular flexibility index (Phi) is 1.69. The van der Waals surface area contributed by atoms with E-state index in [0.29, 0.717) is 0 Å². The maximum Gasteiger partial charge on any atom is 0.103 e. The highest BCUT2D eigenvalue weighted by Gasteiger charge is 2.11. The topological polar surface area (TPSA) is 24.4 Å². The number of rotatable bonds is 0. The van der Waals surface area contributed by atoms with Crippen LogP contribution in [0.15, 0.2) is 29.8 Å². The Labute approximate surface area is 78.0 Å². The van der Waals surface area contributed by atoms with Gasteiger partial charge in [-0.15, -0.1) is 0 Å². The molecule has 0 aliphatic carbocycles.